The highest BCUT2D eigenvalue weighted by Gasteiger charge is 2.33. The minimum Gasteiger partial charge on any atom is -0.486 e. The number of nitrogens with zero attached hydrogens (tertiary/aromatic N) is 1. The second-order valence-electron chi connectivity index (χ2n) is 4.93. The molecule has 0 saturated carbocycles. The third-order valence-corrected chi connectivity index (χ3v) is 4.21. The van der Waals surface area contributed by atoms with Crippen LogP contribution in [0.5, 0.6) is 5.75 Å². The topological polar surface area (TPSA) is 61.6 Å². The van der Waals surface area contributed by atoms with Crippen LogP contribution in [0.4, 0.5) is 10.1 Å². The van der Waals surface area contributed by atoms with E-state index < -0.39 is 10.7 Å². The van der Waals surface area contributed by atoms with Crippen molar-refractivity contribution in [1.82, 2.24) is 0 Å². The molecule has 0 aromatic heterocycles. The van der Waals surface area contributed by atoms with E-state index in [4.69, 9.17) is 9.47 Å². The number of ether oxygens (including phenoxy) is 2. The third kappa shape index (κ3) is 3.40. The van der Waals surface area contributed by atoms with E-state index in [1.807, 2.05) is 0 Å². The average molecular weight is 301 g/mol. The van der Waals surface area contributed by atoms with Gasteiger partial charge in [0, 0.05) is 30.8 Å². The van der Waals surface area contributed by atoms with Gasteiger partial charge in [-0.25, -0.2) is 4.39 Å². The number of nitro benzene ring substituents is 1. The SMILES string of the molecule is O=[N+]([O-])c1ccc(F)cc1OCC1(CS)CCOCC1. The van der Waals surface area contributed by atoms with Crippen LogP contribution in [0.1, 0.15) is 12.8 Å². The number of halogens is 1. The van der Waals surface area contributed by atoms with Crippen molar-refractivity contribution in [1.29, 1.82) is 0 Å². The summed E-state index contributed by atoms with van der Waals surface area (Å²) >= 11 is 4.34. The number of hydrogen-bond donors (Lipinski definition) is 1. The Morgan fingerprint density at radius 1 is 1.45 bits per heavy atom. The summed E-state index contributed by atoms with van der Waals surface area (Å²) in [6.45, 7) is 1.51. The Morgan fingerprint density at radius 2 is 2.15 bits per heavy atom. The normalized spacial score (nSPS) is 17.7. The average Bonchev–Trinajstić information content (AvgIpc) is 2.46. The second-order valence-corrected chi connectivity index (χ2v) is 5.24. The van der Waals surface area contributed by atoms with Gasteiger partial charge in [-0.1, -0.05) is 0 Å². The van der Waals surface area contributed by atoms with Gasteiger partial charge in [0.15, 0.2) is 5.75 Å². The van der Waals surface area contributed by atoms with Crippen LogP contribution in [0.2, 0.25) is 0 Å². The minimum atomic E-state index is -0.577. The van der Waals surface area contributed by atoms with Crippen molar-refractivity contribution in [3.05, 3.63) is 34.1 Å². The quantitative estimate of drug-likeness (QED) is 0.516. The summed E-state index contributed by atoms with van der Waals surface area (Å²) in [6, 6.07) is 3.21. The lowest BCUT2D eigenvalue weighted by molar-refractivity contribution is -0.386. The molecular formula is C13H16FNO4S. The van der Waals surface area contributed by atoms with E-state index in [1.165, 1.54) is 0 Å². The van der Waals surface area contributed by atoms with Gasteiger partial charge in [0.1, 0.15) is 5.82 Å². The van der Waals surface area contributed by atoms with Crippen LogP contribution in [-0.4, -0.2) is 30.5 Å². The molecule has 1 fully saturated rings. The lowest BCUT2D eigenvalue weighted by Gasteiger charge is -2.35. The van der Waals surface area contributed by atoms with Crippen LogP contribution in [0.3, 0.4) is 0 Å². The van der Waals surface area contributed by atoms with Crippen molar-refractivity contribution < 1.29 is 18.8 Å². The first kappa shape index (κ1) is 15.1. The van der Waals surface area contributed by atoms with Crippen molar-refractivity contribution in [3.8, 4) is 5.75 Å². The number of rotatable bonds is 5. The fourth-order valence-electron chi connectivity index (χ4n) is 2.14. The zero-order chi connectivity index (χ0) is 14.6. The van der Waals surface area contributed by atoms with E-state index >= 15 is 0 Å². The van der Waals surface area contributed by atoms with Crippen LogP contribution >= 0.6 is 12.6 Å². The standard InChI is InChI=1S/C13H16FNO4S/c14-10-1-2-11(15(16)17)12(7-10)19-8-13(9-20)3-5-18-6-4-13/h1-2,7,20H,3-6,8-9H2. The molecule has 0 N–H and O–H groups in total. The van der Waals surface area contributed by atoms with E-state index in [2.05, 4.69) is 12.6 Å². The van der Waals surface area contributed by atoms with Crippen molar-refractivity contribution in [2.24, 2.45) is 5.41 Å². The Bertz CT molecular complexity index is 491. The van der Waals surface area contributed by atoms with Gasteiger partial charge >= 0.3 is 5.69 Å². The molecule has 20 heavy (non-hydrogen) atoms. The van der Waals surface area contributed by atoms with E-state index in [9.17, 15) is 14.5 Å². The van der Waals surface area contributed by atoms with Crippen LogP contribution in [-0.2, 0) is 4.74 Å². The molecular weight excluding hydrogens is 285 g/mol. The molecule has 0 unspecified atom stereocenters. The molecule has 0 aliphatic carbocycles. The van der Waals surface area contributed by atoms with Gasteiger partial charge < -0.3 is 9.47 Å². The highest BCUT2D eigenvalue weighted by atomic mass is 32.1. The maximum absolute atomic E-state index is 13.2. The molecule has 1 aromatic rings. The lowest BCUT2D eigenvalue weighted by atomic mass is 9.83. The predicted molar refractivity (Wildman–Crippen MR) is 74.9 cm³/mol. The maximum atomic E-state index is 13.2. The predicted octanol–water partition coefficient (Wildman–Crippen LogP) is 2.84. The fraction of sp³-hybridized carbons (Fsp3) is 0.538. The summed E-state index contributed by atoms with van der Waals surface area (Å²) in [6.07, 6.45) is 1.55. The third-order valence-electron chi connectivity index (χ3n) is 3.54. The van der Waals surface area contributed by atoms with Gasteiger partial charge in [-0.2, -0.15) is 12.6 Å². The molecule has 1 saturated heterocycles. The van der Waals surface area contributed by atoms with Crippen LogP contribution in [0, 0.1) is 21.3 Å². The molecule has 0 spiro atoms. The van der Waals surface area contributed by atoms with E-state index in [-0.39, 0.29) is 23.5 Å². The molecule has 1 aromatic carbocycles. The molecule has 110 valence electrons. The molecule has 0 atom stereocenters. The first-order valence-corrected chi connectivity index (χ1v) is 6.95. The van der Waals surface area contributed by atoms with Crippen molar-refractivity contribution in [3.63, 3.8) is 0 Å². The van der Waals surface area contributed by atoms with E-state index in [0.29, 0.717) is 19.0 Å². The van der Waals surface area contributed by atoms with Gasteiger partial charge in [-0.3, -0.25) is 10.1 Å². The van der Waals surface area contributed by atoms with Gasteiger partial charge in [0.05, 0.1) is 11.5 Å². The lowest BCUT2D eigenvalue weighted by Crippen LogP contribution is -2.37. The molecule has 2 rings (SSSR count). The number of thiol groups is 1. The van der Waals surface area contributed by atoms with E-state index in [1.54, 1.807) is 0 Å². The van der Waals surface area contributed by atoms with Gasteiger partial charge in [-0.15, -0.1) is 0 Å². The van der Waals surface area contributed by atoms with Crippen molar-refractivity contribution >= 4 is 18.3 Å². The van der Waals surface area contributed by atoms with Crippen molar-refractivity contribution in [2.45, 2.75) is 12.8 Å². The number of hydrogen-bond acceptors (Lipinski definition) is 5. The summed E-state index contributed by atoms with van der Waals surface area (Å²) in [5.74, 6) is -0.000383. The first-order valence-electron chi connectivity index (χ1n) is 6.32. The maximum Gasteiger partial charge on any atom is 0.311 e. The Morgan fingerprint density at radius 3 is 2.75 bits per heavy atom. The summed E-state index contributed by atoms with van der Waals surface area (Å²) in [7, 11) is 0. The Balaban J connectivity index is 2.13. The zero-order valence-corrected chi connectivity index (χ0v) is 11.8. The highest BCUT2D eigenvalue weighted by molar-refractivity contribution is 7.80. The van der Waals surface area contributed by atoms with Crippen LogP contribution in [0.25, 0.3) is 0 Å². The zero-order valence-electron chi connectivity index (χ0n) is 10.9. The molecule has 1 heterocycles. The molecule has 1 aliphatic heterocycles. The van der Waals surface area contributed by atoms with Gasteiger partial charge in [0.25, 0.3) is 0 Å². The molecule has 7 heteroatoms. The van der Waals surface area contributed by atoms with Gasteiger partial charge in [-0.05, 0) is 24.7 Å². The fourth-order valence-corrected chi connectivity index (χ4v) is 2.55. The van der Waals surface area contributed by atoms with Crippen LogP contribution < -0.4 is 4.74 Å². The van der Waals surface area contributed by atoms with Crippen molar-refractivity contribution in [2.75, 3.05) is 25.6 Å². The largest absolute Gasteiger partial charge is 0.486 e. The Hall–Kier alpha value is -1.34. The number of nitro groups is 1. The Labute approximate surface area is 121 Å². The summed E-state index contributed by atoms with van der Waals surface area (Å²) < 4.78 is 24.0. The molecule has 0 amide bonds. The minimum absolute atomic E-state index is 0.0392. The molecule has 5 nitrogen and oxygen atoms in total. The monoisotopic (exact) mass is 301 g/mol. The second kappa shape index (κ2) is 6.41. The van der Waals surface area contributed by atoms with Crippen LogP contribution in [0.15, 0.2) is 18.2 Å². The summed E-state index contributed by atoms with van der Waals surface area (Å²) in [5, 5.41) is 10.9. The Kier molecular flexibility index (Phi) is 4.82. The summed E-state index contributed by atoms with van der Waals surface area (Å²) in [5.41, 5.74) is -0.408. The highest BCUT2D eigenvalue weighted by Crippen LogP contribution is 2.35. The molecule has 1 aliphatic rings. The summed E-state index contributed by atoms with van der Waals surface area (Å²) in [4.78, 5) is 10.3. The number of benzene rings is 1. The smallest absolute Gasteiger partial charge is 0.311 e. The van der Waals surface area contributed by atoms with Gasteiger partial charge in [0.2, 0.25) is 0 Å². The molecule has 0 radical (unpaired) electrons. The molecule has 0 bridgehead atoms. The first-order chi connectivity index (χ1) is 9.56. The van der Waals surface area contributed by atoms with E-state index in [0.717, 1.165) is 31.0 Å².